The van der Waals surface area contributed by atoms with E-state index in [9.17, 15) is 26.0 Å². The molecule has 0 aliphatic carbocycles. The van der Waals surface area contributed by atoms with Crippen molar-refractivity contribution >= 4 is 10.0 Å². The van der Waals surface area contributed by atoms with Crippen LogP contribution in [-0.2, 0) is 10.0 Å². The molecule has 0 fully saturated rings. The Bertz CT molecular complexity index is 839. The molecule has 0 radical (unpaired) electrons. The fourth-order valence-electron chi connectivity index (χ4n) is 2.03. The number of benzene rings is 2. The summed E-state index contributed by atoms with van der Waals surface area (Å²) in [6.45, 7) is 1.44. The van der Waals surface area contributed by atoms with Crippen LogP contribution < -0.4 is 0 Å². The zero-order valence-corrected chi connectivity index (χ0v) is 13.0. The molecule has 2 aromatic carbocycles. The first-order chi connectivity index (χ1) is 10.6. The lowest BCUT2D eigenvalue weighted by atomic mass is 10.1. The minimum Gasteiger partial charge on any atom is -0.207 e. The van der Waals surface area contributed by atoms with Crippen molar-refractivity contribution < 1.29 is 26.0 Å². The highest BCUT2D eigenvalue weighted by atomic mass is 32.2. The van der Waals surface area contributed by atoms with Crippen LogP contribution in [0.2, 0.25) is 0 Å². The summed E-state index contributed by atoms with van der Waals surface area (Å²) in [5, 5.41) is 0. The lowest BCUT2D eigenvalue weighted by Crippen LogP contribution is -2.30. The van der Waals surface area contributed by atoms with Gasteiger partial charge in [0.1, 0.15) is 16.5 Å². The van der Waals surface area contributed by atoms with Gasteiger partial charge in [-0.25, -0.2) is 26.0 Å². The molecule has 23 heavy (non-hydrogen) atoms. The van der Waals surface area contributed by atoms with Crippen LogP contribution in [0, 0.1) is 23.3 Å². The third kappa shape index (κ3) is 3.37. The van der Waals surface area contributed by atoms with E-state index in [2.05, 4.69) is 0 Å². The summed E-state index contributed by atoms with van der Waals surface area (Å²) in [6, 6.07) is 4.19. The molecule has 1 atom stereocenters. The number of sulfonamides is 1. The molecule has 2 aromatic rings. The van der Waals surface area contributed by atoms with Gasteiger partial charge in [0, 0.05) is 19.2 Å². The second-order valence-electron chi connectivity index (χ2n) is 4.95. The molecule has 0 heterocycles. The van der Waals surface area contributed by atoms with Gasteiger partial charge in [0.15, 0.2) is 11.6 Å². The van der Waals surface area contributed by atoms with Crippen molar-refractivity contribution in [2.45, 2.75) is 17.9 Å². The first-order valence-corrected chi connectivity index (χ1v) is 7.96. The van der Waals surface area contributed by atoms with Gasteiger partial charge in [-0.15, -0.1) is 0 Å². The summed E-state index contributed by atoms with van der Waals surface area (Å²) in [7, 11) is -3.11. The fourth-order valence-corrected chi connectivity index (χ4v) is 3.42. The summed E-state index contributed by atoms with van der Waals surface area (Å²) in [4.78, 5) is -0.698. The van der Waals surface area contributed by atoms with Crippen LogP contribution in [0.3, 0.4) is 0 Å². The predicted octanol–water partition coefficient (Wildman–Crippen LogP) is 3.62. The standard InChI is InChI=1S/C15H13F4NO2S/c1-9(10-3-5-12(17)13(18)7-10)20(2)23(21,22)15-6-4-11(16)8-14(15)19/h3-9H,1-2H3. The van der Waals surface area contributed by atoms with Crippen molar-refractivity contribution in [2.24, 2.45) is 0 Å². The molecule has 0 spiro atoms. The average Bonchev–Trinajstić information content (AvgIpc) is 2.48. The minimum atomic E-state index is -4.28. The fraction of sp³-hybridized carbons (Fsp3) is 0.200. The van der Waals surface area contributed by atoms with E-state index in [0.717, 1.165) is 28.6 Å². The molecule has 0 saturated carbocycles. The molecular formula is C15H13F4NO2S. The molecule has 0 aromatic heterocycles. The molecule has 0 N–H and O–H groups in total. The van der Waals surface area contributed by atoms with Gasteiger partial charge in [-0.2, -0.15) is 4.31 Å². The Kier molecular flexibility index (Phi) is 4.76. The number of hydrogen-bond donors (Lipinski definition) is 0. The number of hydrogen-bond acceptors (Lipinski definition) is 2. The third-order valence-electron chi connectivity index (χ3n) is 3.52. The first kappa shape index (κ1) is 17.4. The van der Waals surface area contributed by atoms with E-state index in [-0.39, 0.29) is 5.56 Å². The van der Waals surface area contributed by atoms with Gasteiger partial charge >= 0.3 is 0 Å². The van der Waals surface area contributed by atoms with Gasteiger partial charge in [0.2, 0.25) is 10.0 Å². The number of rotatable bonds is 4. The number of halogens is 4. The highest BCUT2D eigenvalue weighted by molar-refractivity contribution is 7.89. The highest BCUT2D eigenvalue weighted by Gasteiger charge is 2.29. The largest absolute Gasteiger partial charge is 0.246 e. The number of nitrogens with zero attached hydrogens (tertiary/aromatic N) is 1. The van der Waals surface area contributed by atoms with E-state index in [1.807, 2.05) is 0 Å². The molecule has 0 aliphatic heterocycles. The van der Waals surface area contributed by atoms with E-state index >= 15 is 0 Å². The van der Waals surface area contributed by atoms with Gasteiger partial charge < -0.3 is 0 Å². The van der Waals surface area contributed by atoms with E-state index in [1.54, 1.807) is 0 Å². The Balaban J connectivity index is 2.40. The van der Waals surface area contributed by atoms with Crippen LogP contribution in [0.1, 0.15) is 18.5 Å². The van der Waals surface area contributed by atoms with Gasteiger partial charge in [-0.3, -0.25) is 0 Å². The maximum absolute atomic E-state index is 13.7. The van der Waals surface area contributed by atoms with Gasteiger partial charge in [0.25, 0.3) is 0 Å². The van der Waals surface area contributed by atoms with E-state index < -0.39 is 44.2 Å². The molecule has 0 bridgehead atoms. The van der Waals surface area contributed by atoms with Crippen LogP contribution >= 0.6 is 0 Å². The van der Waals surface area contributed by atoms with Crippen molar-refractivity contribution in [2.75, 3.05) is 7.05 Å². The summed E-state index contributed by atoms with van der Waals surface area (Å²) in [5.41, 5.74) is 0.192. The zero-order valence-electron chi connectivity index (χ0n) is 12.2. The normalized spacial score (nSPS) is 13.3. The Labute approximate surface area is 131 Å². The molecule has 3 nitrogen and oxygen atoms in total. The van der Waals surface area contributed by atoms with Crippen LogP contribution in [0.5, 0.6) is 0 Å². The average molecular weight is 347 g/mol. The Morgan fingerprint density at radius 3 is 2.13 bits per heavy atom. The van der Waals surface area contributed by atoms with Crippen molar-refractivity contribution in [3.05, 3.63) is 65.2 Å². The van der Waals surface area contributed by atoms with Crippen LogP contribution in [-0.4, -0.2) is 19.8 Å². The highest BCUT2D eigenvalue weighted by Crippen LogP contribution is 2.28. The summed E-state index contributed by atoms with van der Waals surface area (Å²) >= 11 is 0. The molecule has 0 aliphatic rings. The quantitative estimate of drug-likeness (QED) is 0.792. The minimum absolute atomic E-state index is 0.192. The Morgan fingerprint density at radius 1 is 0.913 bits per heavy atom. The van der Waals surface area contributed by atoms with Crippen molar-refractivity contribution in [3.8, 4) is 0 Å². The first-order valence-electron chi connectivity index (χ1n) is 6.52. The zero-order chi connectivity index (χ0) is 17.4. The van der Waals surface area contributed by atoms with Crippen molar-refractivity contribution in [3.63, 3.8) is 0 Å². The molecule has 0 saturated heterocycles. The maximum atomic E-state index is 13.7. The summed E-state index contributed by atoms with van der Waals surface area (Å²) < 4.78 is 78.6. The molecule has 124 valence electrons. The Hall–Kier alpha value is -1.93. The van der Waals surface area contributed by atoms with Crippen molar-refractivity contribution in [1.29, 1.82) is 0 Å². The van der Waals surface area contributed by atoms with Gasteiger partial charge in [-0.1, -0.05) is 6.07 Å². The molecule has 0 amide bonds. The SMILES string of the molecule is CC(c1ccc(F)c(F)c1)N(C)S(=O)(=O)c1ccc(F)cc1F. The predicted molar refractivity (Wildman–Crippen MR) is 76.1 cm³/mol. The topological polar surface area (TPSA) is 37.4 Å². The summed E-state index contributed by atoms with van der Waals surface area (Å²) in [5.74, 6) is -4.31. The second kappa shape index (κ2) is 6.29. The lowest BCUT2D eigenvalue weighted by molar-refractivity contribution is 0.392. The van der Waals surface area contributed by atoms with E-state index in [1.165, 1.54) is 20.0 Å². The smallest absolute Gasteiger partial charge is 0.207 e. The monoisotopic (exact) mass is 347 g/mol. The molecule has 2 rings (SSSR count). The van der Waals surface area contributed by atoms with Crippen LogP contribution in [0.25, 0.3) is 0 Å². The van der Waals surface area contributed by atoms with E-state index in [4.69, 9.17) is 0 Å². The van der Waals surface area contributed by atoms with E-state index in [0.29, 0.717) is 6.07 Å². The van der Waals surface area contributed by atoms with Crippen LogP contribution in [0.4, 0.5) is 17.6 Å². The second-order valence-corrected chi connectivity index (χ2v) is 6.91. The maximum Gasteiger partial charge on any atom is 0.246 e. The van der Waals surface area contributed by atoms with Crippen molar-refractivity contribution in [1.82, 2.24) is 4.31 Å². The molecule has 8 heteroatoms. The molecular weight excluding hydrogens is 334 g/mol. The summed E-state index contributed by atoms with van der Waals surface area (Å²) in [6.07, 6.45) is 0. The van der Waals surface area contributed by atoms with Gasteiger partial charge in [-0.05, 0) is 36.8 Å². The Morgan fingerprint density at radius 2 is 1.57 bits per heavy atom. The van der Waals surface area contributed by atoms with Gasteiger partial charge in [0.05, 0.1) is 0 Å². The lowest BCUT2D eigenvalue weighted by Gasteiger charge is -2.25. The molecule has 1 unspecified atom stereocenters. The van der Waals surface area contributed by atoms with Crippen LogP contribution in [0.15, 0.2) is 41.3 Å². The third-order valence-corrected chi connectivity index (χ3v) is 5.48.